The van der Waals surface area contributed by atoms with Gasteiger partial charge in [0.1, 0.15) is 6.04 Å². The standard InChI is InChI=1S/C39H58N6O5/c1-43-32(25-28-16-7-3-8-17-28)37(48)44-31(20-11-12-22-40)38(49)45-23-13-21-33(45)36(47)39(50,34(42)26-29-18-9-4-10-19-29)35(46)30(41)24-27-14-5-2-6-15-27/h3-4,7-10,16-19,27,30-34,43,50H,2,5-6,11-15,20-26,40-42H2,1H3,(H,44,48)/t30-,31+,32+,33+,34?,39+/m1/s1. The minimum absolute atomic E-state index is 0.0657. The van der Waals surface area contributed by atoms with Gasteiger partial charge in [-0.15, -0.1) is 0 Å². The lowest BCUT2D eigenvalue weighted by atomic mass is 9.75. The van der Waals surface area contributed by atoms with Crippen LogP contribution in [0, 0.1) is 5.92 Å². The van der Waals surface area contributed by atoms with E-state index in [0.717, 1.165) is 43.2 Å². The maximum Gasteiger partial charge on any atom is 0.245 e. The number of nitrogens with two attached hydrogens (primary N) is 3. The number of hydrogen-bond donors (Lipinski definition) is 6. The van der Waals surface area contributed by atoms with Crippen molar-refractivity contribution in [3.8, 4) is 0 Å². The van der Waals surface area contributed by atoms with Gasteiger partial charge in [0.05, 0.1) is 24.2 Å². The predicted molar refractivity (Wildman–Crippen MR) is 195 cm³/mol. The van der Waals surface area contributed by atoms with Crippen molar-refractivity contribution < 1.29 is 24.3 Å². The molecule has 274 valence electrons. The van der Waals surface area contributed by atoms with E-state index in [0.29, 0.717) is 45.1 Å². The molecular formula is C39H58N6O5. The second kappa shape index (κ2) is 19.2. The zero-order valence-corrected chi connectivity index (χ0v) is 29.6. The smallest absolute Gasteiger partial charge is 0.245 e. The number of nitrogens with one attached hydrogen (secondary N) is 2. The van der Waals surface area contributed by atoms with Crippen LogP contribution >= 0.6 is 0 Å². The summed E-state index contributed by atoms with van der Waals surface area (Å²) < 4.78 is 0. The molecule has 2 aromatic carbocycles. The highest BCUT2D eigenvalue weighted by Crippen LogP contribution is 2.31. The molecule has 0 spiro atoms. The van der Waals surface area contributed by atoms with Gasteiger partial charge in [-0.05, 0) is 82.0 Å². The van der Waals surface area contributed by atoms with Crippen LogP contribution in [-0.2, 0) is 32.0 Å². The zero-order valence-electron chi connectivity index (χ0n) is 29.6. The van der Waals surface area contributed by atoms with Gasteiger partial charge in [-0.2, -0.15) is 0 Å². The van der Waals surface area contributed by atoms with E-state index in [9.17, 15) is 24.3 Å². The second-order valence-electron chi connectivity index (χ2n) is 14.2. The molecule has 1 heterocycles. The van der Waals surface area contributed by atoms with Gasteiger partial charge in [0.25, 0.3) is 0 Å². The first kappa shape index (κ1) is 39.3. The third kappa shape index (κ3) is 10.1. The molecule has 1 unspecified atom stereocenters. The van der Waals surface area contributed by atoms with E-state index < -0.39 is 53.3 Å². The van der Waals surface area contributed by atoms with Gasteiger partial charge in [-0.1, -0.05) is 92.8 Å². The number of Topliss-reactive ketones (excluding diaryl/α,β-unsaturated/α-hetero) is 2. The van der Waals surface area contributed by atoms with E-state index in [1.807, 2.05) is 60.7 Å². The van der Waals surface area contributed by atoms with Crippen LogP contribution in [0.1, 0.15) is 81.8 Å². The zero-order chi connectivity index (χ0) is 36.1. The Morgan fingerprint density at radius 1 is 0.860 bits per heavy atom. The number of aliphatic hydroxyl groups is 1. The number of likely N-dealkylation sites (N-methyl/N-ethyl adjacent to an activating group) is 1. The van der Waals surface area contributed by atoms with Crippen molar-refractivity contribution in [1.82, 2.24) is 15.5 Å². The number of ketones is 2. The number of carbonyl (C=O) groups excluding carboxylic acids is 4. The molecule has 9 N–H and O–H groups in total. The molecule has 0 radical (unpaired) electrons. The molecule has 2 fully saturated rings. The van der Waals surface area contributed by atoms with Gasteiger partial charge in [0.15, 0.2) is 11.6 Å². The van der Waals surface area contributed by atoms with Crippen molar-refractivity contribution in [2.24, 2.45) is 23.1 Å². The summed E-state index contributed by atoms with van der Waals surface area (Å²) in [6.45, 7) is 0.673. The molecule has 1 saturated carbocycles. The van der Waals surface area contributed by atoms with Crippen molar-refractivity contribution in [3.05, 3.63) is 71.8 Å². The van der Waals surface area contributed by atoms with Gasteiger partial charge < -0.3 is 37.8 Å². The molecule has 1 aliphatic heterocycles. The fourth-order valence-corrected chi connectivity index (χ4v) is 7.63. The number of likely N-dealkylation sites (tertiary alicyclic amines) is 1. The number of carbonyl (C=O) groups is 4. The molecule has 1 saturated heterocycles. The highest BCUT2D eigenvalue weighted by atomic mass is 16.3. The fraction of sp³-hybridized carbons (Fsp3) is 0.590. The Labute approximate surface area is 297 Å². The van der Waals surface area contributed by atoms with Crippen LogP contribution in [0.4, 0.5) is 0 Å². The summed E-state index contributed by atoms with van der Waals surface area (Å²) in [5, 5.41) is 18.3. The molecule has 6 atom stereocenters. The molecule has 0 bridgehead atoms. The lowest BCUT2D eigenvalue weighted by molar-refractivity contribution is -0.159. The number of benzene rings is 2. The van der Waals surface area contributed by atoms with Gasteiger partial charge in [-0.25, -0.2) is 0 Å². The van der Waals surface area contributed by atoms with E-state index in [4.69, 9.17) is 17.2 Å². The molecule has 0 aromatic heterocycles. The molecule has 4 rings (SSSR count). The monoisotopic (exact) mass is 690 g/mol. The van der Waals surface area contributed by atoms with Gasteiger partial charge in [0.2, 0.25) is 17.4 Å². The fourth-order valence-electron chi connectivity index (χ4n) is 7.63. The van der Waals surface area contributed by atoms with Gasteiger partial charge >= 0.3 is 0 Å². The Morgan fingerprint density at radius 3 is 2.08 bits per heavy atom. The molecule has 50 heavy (non-hydrogen) atoms. The van der Waals surface area contributed by atoms with Gasteiger partial charge in [-0.3, -0.25) is 19.2 Å². The highest BCUT2D eigenvalue weighted by Gasteiger charge is 2.55. The van der Waals surface area contributed by atoms with Crippen LogP contribution in [0.25, 0.3) is 0 Å². The summed E-state index contributed by atoms with van der Waals surface area (Å²) in [7, 11) is 1.70. The van der Waals surface area contributed by atoms with Crippen molar-refractivity contribution in [1.29, 1.82) is 0 Å². The van der Waals surface area contributed by atoms with E-state index in [1.54, 1.807) is 7.05 Å². The minimum atomic E-state index is -2.61. The van der Waals surface area contributed by atoms with Crippen LogP contribution in [-0.4, -0.2) is 89.3 Å². The Morgan fingerprint density at radius 2 is 1.48 bits per heavy atom. The lowest BCUT2D eigenvalue weighted by Crippen LogP contribution is -2.68. The molecule has 2 amide bonds. The van der Waals surface area contributed by atoms with Crippen molar-refractivity contribution >= 4 is 23.4 Å². The SMILES string of the molecule is CN[C@@H](Cc1ccccc1)C(=O)N[C@@H](CCCCN)C(=O)N1CCC[C@H]1C(=O)[C@@](O)(C(=O)[C@H](N)CC1CCCCC1)C(N)Cc1ccccc1. The summed E-state index contributed by atoms with van der Waals surface area (Å²) in [5.41, 5.74) is 18.0. The highest BCUT2D eigenvalue weighted by molar-refractivity contribution is 6.15. The topological polar surface area (TPSA) is 194 Å². The summed E-state index contributed by atoms with van der Waals surface area (Å²) in [4.78, 5) is 58.1. The average Bonchev–Trinajstić information content (AvgIpc) is 3.63. The average molecular weight is 691 g/mol. The number of unbranched alkanes of at least 4 members (excludes halogenated alkanes) is 1. The maximum absolute atomic E-state index is 14.6. The summed E-state index contributed by atoms with van der Waals surface area (Å²) in [5.74, 6) is -2.13. The second-order valence-corrected chi connectivity index (χ2v) is 14.2. The molecule has 2 aliphatic rings. The molecule has 11 heteroatoms. The molecule has 1 aliphatic carbocycles. The van der Waals surface area contributed by atoms with Crippen LogP contribution in [0.2, 0.25) is 0 Å². The Hall–Kier alpha value is -3.48. The summed E-state index contributed by atoms with van der Waals surface area (Å²) in [6.07, 6.45) is 8.34. The Bertz CT molecular complexity index is 1390. The van der Waals surface area contributed by atoms with Crippen LogP contribution in [0.5, 0.6) is 0 Å². The third-order valence-corrected chi connectivity index (χ3v) is 10.6. The van der Waals surface area contributed by atoms with Gasteiger partial charge in [0, 0.05) is 6.54 Å². The summed E-state index contributed by atoms with van der Waals surface area (Å²) in [6, 6.07) is 13.8. The maximum atomic E-state index is 14.6. The first-order valence-corrected chi connectivity index (χ1v) is 18.5. The van der Waals surface area contributed by atoms with Crippen LogP contribution in [0.3, 0.4) is 0 Å². The van der Waals surface area contributed by atoms with Crippen LogP contribution < -0.4 is 27.8 Å². The van der Waals surface area contributed by atoms with Crippen molar-refractivity contribution in [2.45, 2.75) is 119 Å². The molecule has 2 aromatic rings. The first-order valence-electron chi connectivity index (χ1n) is 18.5. The first-order chi connectivity index (χ1) is 24.1. The normalized spacial score (nSPS) is 20.3. The number of hydrogen-bond acceptors (Lipinski definition) is 9. The van der Waals surface area contributed by atoms with E-state index >= 15 is 0 Å². The largest absolute Gasteiger partial charge is 0.373 e. The van der Waals surface area contributed by atoms with E-state index in [1.165, 1.54) is 4.90 Å². The number of nitrogens with zero attached hydrogens (tertiary/aromatic N) is 1. The number of amides is 2. The third-order valence-electron chi connectivity index (χ3n) is 10.6. The predicted octanol–water partition coefficient (Wildman–Crippen LogP) is 2.16. The quantitative estimate of drug-likeness (QED) is 0.0947. The van der Waals surface area contributed by atoms with Crippen LogP contribution in [0.15, 0.2) is 60.7 Å². The molecule has 11 nitrogen and oxygen atoms in total. The lowest BCUT2D eigenvalue weighted by Gasteiger charge is -2.38. The van der Waals surface area contributed by atoms with E-state index in [-0.39, 0.29) is 31.2 Å². The Balaban J connectivity index is 1.58. The molecular weight excluding hydrogens is 632 g/mol. The number of rotatable bonds is 19. The van der Waals surface area contributed by atoms with E-state index in [2.05, 4.69) is 10.6 Å². The Kier molecular flexibility index (Phi) is 15.1. The van der Waals surface area contributed by atoms with Crippen molar-refractivity contribution in [2.75, 3.05) is 20.1 Å². The van der Waals surface area contributed by atoms with Crippen molar-refractivity contribution in [3.63, 3.8) is 0 Å². The summed E-state index contributed by atoms with van der Waals surface area (Å²) >= 11 is 0. The minimum Gasteiger partial charge on any atom is -0.373 e.